The SMILES string of the molecule is CC1(C)C(O)CC1NCc1ccc(/C(N)=N/O)cc1Cl. The summed E-state index contributed by atoms with van der Waals surface area (Å²) in [4.78, 5) is 0. The summed E-state index contributed by atoms with van der Waals surface area (Å²) in [6, 6.07) is 5.56. The van der Waals surface area contributed by atoms with E-state index in [0.717, 1.165) is 12.0 Å². The third kappa shape index (κ3) is 2.75. The molecule has 0 saturated heterocycles. The number of amidine groups is 1. The molecule has 0 amide bonds. The first kappa shape index (κ1) is 15.1. The van der Waals surface area contributed by atoms with Gasteiger partial charge < -0.3 is 21.4 Å². The van der Waals surface area contributed by atoms with Crippen molar-refractivity contribution in [1.82, 2.24) is 5.32 Å². The van der Waals surface area contributed by atoms with Crippen molar-refractivity contribution in [3.8, 4) is 0 Å². The number of nitrogens with one attached hydrogen (secondary N) is 1. The molecule has 0 bridgehead atoms. The van der Waals surface area contributed by atoms with E-state index in [1.165, 1.54) is 0 Å². The van der Waals surface area contributed by atoms with Crippen molar-refractivity contribution in [3.05, 3.63) is 34.3 Å². The molecule has 2 unspecified atom stereocenters. The van der Waals surface area contributed by atoms with Crippen molar-refractivity contribution >= 4 is 17.4 Å². The smallest absolute Gasteiger partial charge is 0.170 e. The molecule has 0 aromatic heterocycles. The lowest BCUT2D eigenvalue weighted by atomic mass is 9.64. The van der Waals surface area contributed by atoms with Gasteiger partial charge >= 0.3 is 0 Å². The molecule has 1 saturated carbocycles. The van der Waals surface area contributed by atoms with Crippen LogP contribution < -0.4 is 11.1 Å². The Bertz CT molecular complexity index is 531. The molecule has 0 heterocycles. The fourth-order valence-electron chi connectivity index (χ4n) is 2.39. The maximum absolute atomic E-state index is 9.71. The highest BCUT2D eigenvalue weighted by Gasteiger charge is 2.46. The minimum absolute atomic E-state index is 0.0367. The number of benzene rings is 1. The topological polar surface area (TPSA) is 90.9 Å². The Morgan fingerprint density at radius 1 is 1.55 bits per heavy atom. The summed E-state index contributed by atoms with van der Waals surface area (Å²) in [6.45, 7) is 4.71. The Labute approximate surface area is 123 Å². The molecule has 1 aliphatic rings. The third-order valence-corrected chi connectivity index (χ3v) is 4.56. The molecule has 0 radical (unpaired) electrons. The zero-order valence-corrected chi connectivity index (χ0v) is 12.4. The Hall–Kier alpha value is -1.30. The second kappa shape index (κ2) is 5.60. The predicted molar refractivity (Wildman–Crippen MR) is 79.0 cm³/mol. The van der Waals surface area contributed by atoms with Gasteiger partial charge in [0.05, 0.1) is 6.10 Å². The van der Waals surface area contributed by atoms with Gasteiger partial charge in [0.1, 0.15) is 0 Å². The number of hydrogen-bond donors (Lipinski definition) is 4. The Morgan fingerprint density at radius 2 is 2.25 bits per heavy atom. The van der Waals surface area contributed by atoms with Gasteiger partial charge in [0.2, 0.25) is 0 Å². The van der Waals surface area contributed by atoms with Crippen LogP contribution in [0.25, 0.3) is 0 Å². The van der Waals surface area contributed by atoms with Crippen LogP contribution in [0.3, 0.4) is 0 Å². The monoisotopic (exact) mass is 297 g/mol. The van der Waals surface area contributed by atoms with E-state index in [0.29, 0.717) is 17.1 Å². The molecule has 2 atom stereocenters. The number of aliphatic hydroxyl groups excluding tert-OH is 1. The van der Waals surface area contributed by atoms with Gasteiger partial charge in [0, 0.05) is 28.6 Å². The van der Waals surface area contributed by atoms with E-state index < -0.39 is 0 Å². The van der Waals surface area contributed by atoms with E-state index in [9.17, 15) is 5.11 Å². The minimum Gasteiger partial charge on any atom is -0.409 e. The summed E-state index contributed by atoms with van der Waals surface area (Å²) in [5.41, 5.74) is 6.93. The summed E-state index contributed by atoms with van der Waals surface area (Å²) in [7, 11) is 0. The molecule has 1 aromatic carbocycles. The summed E-state index contributed by atoms with van der Waals surface area (Å²) in [6.07, 6.45) is 0.505. The quantitative estimate of drug-likeness (QED) is 0.294. The first-order chi connectivity index (χ1) is 9.36. The van der Waals surface area contributed by atoms with Crippen LogP contribution in [0.5, 0.6) is 0 Å². The lowest BCUT2D eigenvalue weighted by molar-refractivity contribution is -0.0729. The number of nitrogens with zero attached hydrogens (tertiary/aromatic N) is 1. The number of aliphatic hydroxyl groups is 1. The Kier molecular flexibility index (Phi) is 4.22. The average Bonchev–Trinajstić information content (AvgIpc) is 2.43. The molecule has 6 heteroatoms. The zero-order chi connectivity index (χ0) is 14.9. The van der Waals surface area contributed by atoms with Gasteiger partial charge in [-0.05, 0) is 18.1 Å². The van der Waals surface area contributed by atoms with Gasteiger partial charge in [-0.2, -0.15) is 0 Å². The summed E-state index contributed by atoms with van der Waals surface area (Å²) in [5.74, 6) is 0.0367. The second-order valence-corrected chi connectivity index (χ2v) is 6.20. The minimum atomic E-state index is -0.251. The largest absolute Gasteiger partial charge is 0.409 e. The van der Waals surface area contributed by atoms with Crippen LogP contribution >= 0.6 is 11.6 Å². The number of rotatable bonds is 4. The first-order valence-electron chi connectivity index (χ1n) is 6.54. The average molecular weight is 298 g/mol. The standard InChI is InChI=1S/C14H20ClN3O2/c1-14(2)11(6-12(14)19)17-7-9-4-3-8(5-10(9)15)13(16)18-20/h3-5,11-12,17,19-20H,6-7H2,1-2H3,(H2,16,18). The van der Waals surface area contributed by atoms with Crippen molar-refractivity contribution < 1.29 is 10.3 Å². The van der Waals surface area contributed by atoms with E-state index in [2.05, 4.69) is 10.5 Å². The summed E-state index contributed by atoms with van der Waals surface area (Å²) < 4.78 is 0. The molecular weight excluding hydrogens is 278 g/mol. The van der Waals surface area contributed by atoms with Crippen molar-refractivity contribution in [2.75, 3.05) is 0 Å². The fourth-order valence-corrected chi connectivity index (χ4v) is 2.64. The van der Waals surface area contributed by atoms with E-state index >= 15 is 0 Å². The maximum atomic E-state index is 9.71. The molecule has 110 valence electrons. The molecule has 0 spiro atoms. The van der Waals surface area contributed by atoms with E-state index in [1.807, 2.05) is 19.9 Å². The first-order valence-corrected chi connectivity index (χ1v) is 6.92. The van der Waals surface area contributed by atoms with E-state index in [-0.39, 0.29) is 23.4 Å². The molecular formula is C14H20ClN3O2. The van der Waals surface area contributed by atoms with Gasteiger partial charge in [-0.15, -0.1) is 0 Å². The van der Waals surface area contributed by atoms with Crippen molar-refractivity contribution in [1.29, 1.82) is 0 Å². The van der Waals surface area contributed by atoms with E-state index in [1.54, 1.807) is 12.1 Å². The highest BCUT2D eigenvalue weighted by Crippen LogP contribution is 2.40. The molecule has 1 fully saturated rings. The molecule has 20 heavy (non-hydrogen) atoms. The Morgan fingerprint density at radius 3 is 2.75 bits per heavy atom. The number of hydrogen-bond acceptors (Lipinski definition) is 4. The molecule has 2 rings (SSSR count). The molecule has 1 aromatic rings. The van der Waals surface area contributed by atoms with Crippen molar-refractivity contribution in [3.63, 3.8) is 0 Å². The maximum Gasteiger partial charge on any atom is 0.170 e. The predicted octanol–water partition coefficient (Wildman–Crippen LogP) is 1.68. The van der Waals surface area contributed by atoms with Gasteiger partial charge in [-0.1, -0.05) is 42.7 Å². The van der Waals surface area contributed by atoms with Crippen molar-refractivity contribution in [2.45, 2.75) is 39.0 Å². The summed E-state index contributed by atoms with van der Waals surface area (Å²) >= 11 is 6.19. The number of nitrogens with two attached hydrogens (primary N) is 1. The van der Waals surface area contributed by atoms with Crippen LogP contribution in [-0.4, -0.2) is 28.3 Å². The van der Waals surface area contributed by atoms with Crippen LogP contribution in [0.15, 0.2) is 23.4 Å². The van der Waals surface area contributed by atoms with Gasteiger partial charge in [0.15, 0.2) is 5.84 Å². The normalized spacial score (nSPS) is 25.3. The lowest BCUT2D eigenvalue weighted by Gasteiger charge is -2.49. The number of halogens is 1. The van der Waals surface area contributed by atoms with Gasteiger partial charge in [-0.25, -0.2) is 0 Å². The molecule has 0 aliphatic heterocycles. The highest BCUT2D eigenvalue weighted by molar-refractivity contribution is 6.31. The number of oxime groups is 1. The fraction of sp³-hybridized carbons (Fsp3) is 0.500. The molecule has 5 nitrogen and oxygen atoms in total. The summed E-state index contributed by atoms with van der Waals surface area (Å²) in [5, 5.41) is 25.3. The Balaban J connectivity index is 2.01. The van der Waals surface area contributed by atoms with Crippen LogP contribution in [0.4, 0.5) is 0 Å². The lowest BCUT2D eigenvalue weighted by Crippen LogP contribution is -2.59. The second-order valence-electron chi connectivity index (χ2n) is 5.80. The van der Waals surface area contributed by atoms with Gasteiger partial charge in [0.25, 0.3) is 0 Å². The van der Waals surface area contributed by atoms with Crippen LogP contribution in [0, 0.1) is 5.41 Å². The van der Waals surface area contributed by atoms with E-state index in [4.69, 9.17) is 22.5 Å². The third-order valence-electron chi connectivity index (χ3n) is 4.21. The van der Waals surface area contributed by atoms with Crippen LogP contribution in [-0.2, 0) is 6.54 Å². The van der Waals surface area contributed by atoms with Crippen LogP contribution in [0.1, 0.15) is 31.4 Å². The molecule has 1 aliphatic carbocycles. The van der Waals surface area contributed by atoms with Crippen molar-refractivity contribution in [2.24, 2.45) is 16.3 Å². The molecule has 5 N–H and O–H groups in total. The van der Waals surface area contributed by atoms with Gasteiger partial charge in [-0.3, -0.25) is 0 Å². The van der Waals surface area contributed by atoms with Crippen LogP contribution in [0.2, 0.25) is 5.02 Å². The zero-order valence-electron chi connectivity index (χ0n) is 11.6. The highest BCUT2D eigenvalue weighted by atomic mass is 35.5.